The summed E-state index contributed by atoms with van der Waals surface area (Å²) in [4.78, 5) is 3.50. The highest BCUT2D eigenvalue weighted by molar-refractivity contribution is 4.89. The summed E-state index contributed by atoms with van der Waals surface area (Å²) in [7, 11) is 1.72. The molecule has 1 atom stereocenters. The Hall–Kier alpha value is -1.05. The Morgan fingerprint density at radius 2 is 1.88 bits per heavy atom. The molecule has 1 aliphatic carbocycles. The second-order valence-corrected chi connectivity index (χ2v) is 7.77. The van der Waals surface area contributed by atoms with Gasteiger partial charge in [0.15, 0.2) is 6.04 Å². The van der Waals surface area contributed by atoms with E-state index in [1.54, 1.807) is 12.0 Å². The minimum atomic E-state index is 0.377. The number of rotatable bonds is 7. The van der Waals surface area contributed by atoms with E-state index in [0.717, 1.165) is 18.4 Å². The number of aromatic nitrogens is 4. The number of nitrogens with zero attached hydrogens (tertiary/aromatic N) is 4. The van der Waals surface area contributed by atoms with Gasteiger partial charge in [0.05, 0.1) is 19.2 Å². The number of methoxy groups -OCH3 is 1. The Bertz CT molecular complexity index is 491. The van der Waals surface area contributed by atoms with Gasteiger partial charge in [-0.3, -0.25) is 0 Å². The summed E-state index contributed by atoms with van der Waals surface area (Å²) < 4.78 is 7.14. The van der Waals surface area contributed by atoms with Gasteiger partial charge in [0.25, 0.3) is 0 Å². The smallest absolute Gasteiger partial charge is 0.209 e. The molecular weight excluding hydrogens is 304 g/mol. The van der Waals surface area contributed by atoms with E-state index >= 15 is 0 Å². The maximum Gasteiger partial charge on any atom is 0.209 e. The Morgan fingerprint density at radius 3 is 2.50 bits per heavy atom. The molecule has 1 saturated heterocycles. The van der Waals surface area contributed by atoms with Crippen LogP contribution in [0.25, 0.3) is 0 Å². The fourth-order valence-corrected chi connectivity index (χ4v) is 4.67. The lowest BCUT2D eigenvalue weighted by atomic mass is 10.00. The van der Waals surface area contributed by atoms with E-state index in [2.05, 4.69) is 29.4 Å². The van der Waals surface area contributed by atoms with E-state index in [-0.39, 0.29) is 0 Å². The fraction of sp³-hybridized carbons (Fsp3) is 0.941. The van der Waals surface area contributed by atoms with Crippen LogP contribution in [0.2, 0.25) is 0 Å². The minimum Gasteiger partial charge on any atom is -0.383 e. The van der Waals surface area contributed by atoms with Gasteiger partial charge in [0, 0.05) is 13.0 Å². The highest BCUT2D eigenvalue weighted by atomic mass is 16.5. The second kappa shape index (κ2) is 8.36. The molecule has 2 N–H and O–H groups in total. The number of piperazine rings is 1. The summed E-state index contributed by atoms with van der Waals surface area (Å²) in [6.45, 7) is 11.0. The van der Waals surface area contributed by atoms with Crippen molar-refractivity contribution in [2.45, 2.75) is 58.2 Å². The first-order valence-corrected chi connectivity index (χ1v) is 9.65. The van der Waals surface area contributed by atoms with E-state index in [1.807, 2.05) is 9.58 Å². The molecule has 0 bridgehead atoms. The van der Waals surface area contributed by atoms with Crippen LogP contribution in [0.4, 0.5) is 0 Å². The monoisotopic (exact) mass is 338 g/mol. The van der Waals surface area contributed by atoms with Gasteiger partial charge in [0.1, 0.15) is 26.2 Å². The molecule has 1 aliphatic heterocycles. The Labute approximate surface area is 145 Å². The van der Waals surface area contributed by atoms with Gasteiger partial charge in [-0.2, -0.15) is 0 Å². The van der Waals surface area contributed by atoms with Crippen LogP contribution in [0.3, 0.4) is 0 Å². The first kappa shape index (κ1) is 17.8. The van der Waals surface area contributed by atoms with Crippen LogP contribution in [0.5, 0.6) is 0 Å². The van der Waals surface area contributed by atoms with Gasteiger partial charge < -0.3 is 14.5 Å². The molecule has 1 aromatic rings. The zero-order chi connectivity index (χ0) is 16.9. The zero-order valence-electron chi connectivity index (χ0n) is 15.5. The van der Waals surface area contributed by atoms with E-state index in [1.165, 1.54) is 51.9 Å². The first-order chi connectivity index (χ1) is 11.7. The molecule has 1 saturated carbocycles. The molecule has 0 radical (unpaired) electrons. The molecule has 0 amide bonds. The predicted molar refractivity (Wildman–Crippen MR) is 90.9 cm³/mol. The normalized spacial score (nSPS) is 27.0. The van der Waals surface area contributed by atoms with Crippen molar-refractivity contribution in [1.82, 2.24) is 20.2 Å². The van der Waals surface area contributed by atoms with E-state index in [0.29, 0.717) is 18.6 Å². The molecule has 3 rings (SSSR count). The molecule has 2 fully saturated rings. The zero-order valence-corrected chi connectivity index (χ0v) is 15.5. The lowest BCUT2D eigenvalue weighted by Crippen LogP contribution is -3.29. The summed E-state index contributed by atoms with van der Waals surface area (Å²) in [5, 5.41) is 12.5. The number of tetrazole rings is 1. The highest BCUT2D eigenvalue weighted by Crippen LogP contribution is 2.17. The number of hydrogen-bond donors (Lipinski definition) is 2. The molecule has 1 aromatic heterocycles. The summed E-state index contributed by atoms with van der Waals surface area (Å²) in [5.74, 6) is 1.56. The molecular formula is C17H34N6O+2. The van der Waals surface area contributed by atoms with E-state index in [4.69, 9.17) is 4.74 Å². The third kappa shape index (κ3) is 3.95. The van der Waals surface area contributed by atoms with Gasteiger partial charge in [-0.25, -0.2) is 4.68 Å². The Kier molecular flexibility index (Phi) is 6.19. The summed E-state index contributed by atoms with van der Waals surface area (Å²) >= 11 is 0. The molecule has 0 spiro atoms. The first-order valence-electron chi connectivity index (χ1n) is 9.65. The van der Waals surface area contributed by atoms with Crippen molar-refractivity contribution in [2.24, 2.45) is 5.92 Å². The highest BCUT2D eigenvalue weighted by Gasteiger charge is 2.38. The Morgan fingerprint density at radius 1 is 1.17 bits per heavy atom. The maximum atomic E-state index is 5.20. The average molecular weight is 339 g/mol. The van der Waals surface area contributed by atoms with Crippen LogP contribution in [0.15, 0.2) is 0 Å². The van der Waals surface area contributed by atoms with Crippen LogP contribution < -0.4 is 9.80 Å². The third-order valence-electron chi connectivity index (χ3n) is 5.92. The van der Waals surface area contributed by atoms with Crippen LogP contribution in [-0.4, -0.2) is 66.1 Å². The number of ether oxygens (including phenoxy) is 1. The van der Waals surface area contributed by atoms with Crippen molar-refractivity contribution in [1.29, 1.82) is 0 Å². The SMILES string of the molecule is COCCn1nnnc1[C@H](C(C)C)[NH+]1CC[NH+](C2CCCC2)CC1. The second-order valence-electron chi connectivity index (χ2n) is 7.77. The molecule has 24 heavy (non-hydrogen) atoms. The minimum absolute atomic E-state index is 0.377. The molecule has 7 heteroatoms. The van der Waals surface area contributed by atoms with Gasteiger partial charge >= 0.3 is 0 Å². The largest absolute Gasteiger partial charge is 0.383 e. The number of hydrogen-bond acceptors (Lipinski definition) is 4. The third-order valence-corrected chi connectivity index (χ3v) is 5.92. The lowest BCUT2D eigenvalue weighted by molar-refractivity contribution is -1.04. The van der Waals surface area contributed by atoms with Gasteiger partial charge in [-0.05, 0) is 36.1 Å². The molecule has 7 nitrogen and oxygen atoms in total. The molecule has 0 unspecified atom stereocenters. The van der Waals surface area contributed by atoms with Gasteiger partial charge in [-0.1, -0.05) is 13.8 Å². The van der Waals surface area contributed by atoms with Gasteiger partial charge in [-0.15, -0.1) is 5.10 Å². The van der Waals surface area contributed by atoms with E-state index in [9.17, 15) is 0 Å². The quantitative estimate of drug-likeness (QED) is 0.652. The number of quaternary nitrogens is 2. The molecule has 2 aliphatic rings. The number of nitrogens with one attached hydrogen (secondary N) is 2. The predicted octanol–water partition coefficient (Wildman–Crippen LogP) is -1.26. The van der Waals surface area contributed by atoms with Gasteiger partial charge in [0.2, 0.25) is 5.82 Å². The summed E-state index contributed by atoms with van der Waals surface area (Å²) in [6, 6.07) is 1.30. The van der Waals surface area contributed by atoms with Crippen molar-refractivity contribution in [2.75, 3.05) is 39.9 Å². The Balaban J connectivity index is 1.65. The summed E-state index contributed by atoms with van der Waals surface area (Å²) in [5.41, 5.74) is 0. The standard InChI is InChI=1S/C17H32N6O/c1-14(2)16(17-18-19-20-23(17)12-13-24-3)22-10-8-21(9-11-22)15-6-4-5-7-15/h14-16H,4-13H2,1-3H3/p+2/t16-/m0/s1. The van der Waals surface area contributed by atoms with Crippen LogP contribution >= 0.6 is 0 Å². The van der Waals surface area contributed by atoms with Crippen molar-refractivity contribution in [3.63, 3.8) is 0 Å². The van der Waals surface area contributed by atoms with Crippen LogP contribution in [0.1, 0.15) is 51.4 Å². The maximum absolute atomic E-state index is 5.20. The van der Waals surface area contributed by atoms with Crippen molar-refractivity contribution in [3.8, 4) is 0 Å². The van der Waals surface area contributed by atoms with Crippen molar-refractivity contribution in [3.05, 3.63) is 5.82 Å². The van der Waals surface area contributed by atoms with E-state index < -0.39 is 0 Å². The van der Waals surface area contributed by atoms with Crippen LogP contribution in [0, 0.1) is 5.92 Å². The summed E-state index contributed by atoms with van der Waals surface area (Å²) in [6.07, 6.45) is 5.75. The molecule has 2 heterocycles. The average Bonchev–Trinajstić information content (AvgIpc) is 3.25. The lowest BCUT2D eigenvalue weighted by Gasteiger charge is -2.37. The van der Waals surface area contributed by atoms with Crippen molar-refractivity contribution < 1.29 is 14.5 Å². The molecule has 136 valence electrons. The van der Waals surface area contributed by atoms with Crippen LogP contribution in [-0.2, 0) is 11.3 Å². The molecule has 0 aromatic carbocycles. The topological polar surface area (TPSA) is 61.7 Å². The van der Waals surface area contributed by atoms with Crippen molar-refractivity contribution >= 4 is 0 Å². The fourth-order valence-electron chi connectivity index (χ4n) is 4.67.